The van der Waals surface area contributed by atoms with E-state index in [4.69, 9.17) is 10.5 Å². The number of nitrogens with zero attached hydrogens (tertiary/aromatic N) is 1. The lowest BCUT2D eigenvalue weighted by Gasteiger charge is -2.26. The lowest BCUT2D eigenvalue weighted by atomic mass is 10.3. The molecule has 0 bridgehead atoms. The van der Waals surface area contributed by atoms with Crippen molar-refractivity contribution in [2.75, 3.05) is 37.8 Å². The fourth-order valence-electron chi connectivity index (χ4n) is 2.01. The van der Waals surface area contributed by atoms with Crippen molar-refractivity contribution < 1.29 is 9.53 Å². The van der Waals surface area contributed by atoms with Crippen LogP contribution in [0.5, 0.6) is 0 Å². The number of halogens is 1. The van der Waals surface area contributed by atoms with E-state index in [1.807, 2.05) is 23.1 Å². The molecule has 1 aliphatic rings. The summed E-state index contributed by atoms with van der Waals surface area (Å²) in [5.74, 6) is 1.13. The highest BCUT2D eigenvalue weighted by molar-refractivity contribution is 9.10. The van der Waals surface area contributed by atoms with Gasteiger partial charge in [-0.25, -0.2) is 0 Å². The predicted molar refractivity (Wildman–Crippen MR) is 85.9 cm³/mol. The number of ether oxygens (including phenoxy) is 1. The molecule has 1 heterocycles. The standard InChI is InChI=1S/C14H19BrN2O2S/c15-11-3-4-12(16)13(10-11)20-9-1-2-14(18)17-5-7-19-8-6-17/h3-4,10H,1-2,5-9,16H2. The molecule has 1 aliphatic heterocycles. The Morgan fingerprint density at radius 1 is 1.40 bits per heavy atom. The maximum absolute atomic E-state index is 12.0. The molecular formula is C14H19BrN2O2S. The molecule has 0 saturated carbocycles. The summed E-state index contributed by atoms with van der Waals surface area (Å²) >= 11 is 5.14. The van der Waals surface area contributed by atoms with Gasteiger partial charge in [-0.1, -0.05) is 15.9 Å². The molecule has 6 heteroatoms. The van der Waals surface area contributed by atoms with Crippen molar-refractivity contribution in [1.29, 1.82) is 0 Å². The van der Waals surface area contributed by atoms with Crippen LogP contribution in [0.25, 0.3) is 0 Å². The first kappa shape index (κ1) is 15.7. The van der Waals surface area contributed by atoms with Gasteiger partial charge in [0, 0.05) is 34.6 Å². The largest absolute Gasteiger partial charge is 0.398 e. The summed E-state index contributed by atoms with van der Waals surface area (Å²) in [6.45, 7) is 2.78. The Bertz CT molecular complexity index is 464. The molecule has 110 valence electrons. The zero-order valence-electron chi connectivity index (χ0n) is 11.3. The van der Waals surface area contributed by atoms with E-state index in [0.717, 1.165) is 40.3 Å². The Morgan fingerprint density at radius 2 is 2.15 bits per heavy atom. The fraction of sp³-hybridized carbons (Fsp3) is 0.500. The third-order valence-electron chi connectivity index (χ3n) is 3.13. The number of morpholine rings is 1. The number of nitrogen functional groups attached to an aromatic ring is 1. The van der Waals surface area contributed by atoms with Gasteiger partial charge in [-0.05, 0) is 30.4 Å². The first-order chi connectivity index (χ1) is 9.66. The van der Waals surface area contributed by atoms with Gasteiger partial charge in [-0.15, -0.1) is 11.8 Å². The summed E-state index contributed by atoms with van der Waals surface area (Å²) in [6, 6.07) is 5.84. The second-order valence-electron chi connectivity index (χ2n) is 4.63. The first-order valence-electron chi connectivity index (χ1n) is 6.70. The molecule has 1 saturated heterocycles. The molecule has 0 aliphatic carbocycles. The van der Waals surface area contributed by atoms with Crippen LogP contribution in [-0.2, 0) is 9.53 Å². The van der Waals surface area contributed by atoms with Crippen molar-refractivity contribution in [3.8, 4) is 0 Å². The maximum atomic E-state index is 12.0. The van der Waals surface area contributed by atoms with Gasteiger partial charge in [-0.3, -0.25) is 4.79 Å². The Kier molecular flexibility index (Phi) is 6.19. The van der Waals surface area contributed by atoms with Crippen molar-refractivity contribution in [2.45, 2.75) is 17.7 Å². The molecule has 2 rings (SSSR count). The third kappa shape index (κ3) is 4.68. The highest BCUT2D eigenvalue weighted by Gasteiger charge is 2.16. The molecule has 0 atom stereocenters. The van der Waals surface area contributed by atoms with Crippen LogP contribution in [0.3, 0.4) is 0 Å². The predicted octanol–water partition coefficient (Wildman–Crippen LogP) is 2.76. The number of hydrogen-bond acceptors (Lipinski definition) is 4. The van der Waals surface area contributed by atoms with E-state index in [1.165, 1.54) is 0 Å². The van der Waals surface area contributed by atoms with E-state index in [9.17, 15) is 4.79 Å². The summed E-state index contributed by atoms with van der Waals surface area (Å²) in [6.07, 6.45) is 1.47. The average Bonchev–Trinajstić information content (AvgIpc) is 2.47. The lowest BCUT2D eigenvalue weighted by molar-refractivity contribution is -0.135. The SMILES string of the molecule is Nc1ccc(Br)cc1SCCCC(=O)N1CCOCC1. The summed E-state index contributed by atoms with van der Waals surface area (Å²) in [5, 5.41) is 0. The zero-order valence-corrected chi connectivity index (χ0v) is 13.7. The minimum absolute atomic E-state index is 0.233. The Hall–Kier alpha value is -0.720. The molecule has 0 spiro atoms. The molecule has 0 aromatic heterocycles. The number of carbonyl (C=O) groups is 1. The van der Waals surface area contributed by atoms with Crippen LogP contribution >= 0.6 is 27.7 Å². The van der Waals surface area contributed by atoms with Crippen LogP contribution < -0.4 is 5.73 Å². The zero-order chi connectivity index (χ0) is 14.4. The number of amides is 1. The van der Waals surface area contributed by atoms with Gasteiger partial charge in [0.2, 0.25) is 5.91 Å². The minimum Gasteiger partial charge on any atom is -0.398 e. The van der Waals surface area contributed by atoms with Gasteiger partial charge in [0.25, 0.3) is 0 Å². The van der Waals surface area contributed by atoms with Crippen LogP contribution in [0.2, 0.25) is 0 Å². The van der Waals surface area contributed by atoms with Crippen LogP contribution in [0.4, 0.5) is 5.69 Å². The number of rotatable bonds is 5. The van der Waals surface area contributed by atoms with Gasteiger partial charge >= 0.3 is 0 Å². The molecule has 0 radical (unpaired) electrons. The van der Waals surface area contributed by atoms with E-state index in [1.54, 1.807) is 11.8 Å². The summed E-state index contributed by atoms with van der Waals surface area (Å²) < 4.78 is 6.27. The minimum atomic E-state index is 0.233. The van der Waals surface area contributed by atoms with Crippen molar-refractivity contribution in [3.05, 3.63) is 22.7 Å². The number of hydrogen-bond donors (Lipinski definition) is 1. The van der Waals surface area contributed by atoms with E-state index in [-0.39, 0.29) is 5.91 Å². The maximum Gasteiger partial charge on any atom is 0.222 e. The number of carbonyl (C=O) groups excluding carboxylic acids is 1. The number of nitrogens with two attached hydrogens (primary N) is 1. The van der Waals surface area contributed by atoms with Crippen molar-refractivity contribution >= 4 is 39.3 Å². The highest BCUT2D eigenvalue weighted by Crippen LogP contribution is 2.28. The number of anilines is 1. The van der Waals surface area contributed by atoms with Gasteiger partial charge in [0.05, 0.1) is 13.2 Å². The normalized spacial score (nSPS) is 15.3. The molecule has 1 aromatic carbocycles. The summed E-state index contributed by atoms with van der Waals surface area (Å²) in [7, 11) is 0. The average molecular weight is 359 g/mol. The molecule has 2 N–H and O–H groups in total. The lowest BCUT2D eigenvalue weighted by Crippen LogP contribution is -2.40. The number of benzene rings is 1. The van der Waals surface area contributed by atoms with E-state index >= 15 is 0 Å². The topological polar surface area (TPSA) is 55.6 Å². The molecule has 1 aromatic rings. The van der Waals surface area contributed by atoms with Crippen molar-refractivity contribution in [2.24, 2.45) is 0 Å². The van der Waals surface area contributed by atoms with Crippen LogP contribution in [0.15, 0.2) is 27.6 Å². The van der Waals surface area contributed by atoms with E-state index in [0.29, 0.717) is 19.6 Å². The van der Waals surface area contributed by atoms with Crippen molar-refractivity contribution in [1.82, 2.24) is 4.90 Å². The second-order valence-corrected chi connectivity index (χ2v) is 6.68. The van der Waals surface area contributed by atoms with Gasteiger partial charge in [0.1, 0.15) is 0 Å². The monoisotopic (exact) mass is 358 g/mol. The smallest absolute Gasteiger partial charge is 0.222 e. The van der Waals surface area contributed by atoms with Crippen LogP contribution in [0.1, 0.15) is 12.8 Å². The molecule has 1 amide bonds. The van der Waals surface area contributed by atoms with E-state index < -0.39 is 0 Å². The summed E-state index contributed by atoms with van der Waals surface area (Å²) in [4.78, 5) is 14.9. The van der Waals surface area contributed by atoms with E-state index in [2.05, 4.69) is 15.9 Å². The molecule has 20 heavy (non-hydrogen) atoms. The van der Waals surface area contributed by atoms with Gasteiger partial charge in [0.15, 0.2) is 0 Å². The second kappa shape index (κ2) is 7.90. The molecule has 0 unspecified atom stereocenters. The third-order valence-corrected chi connectivity index (χ3v) is 4.78. The van der Waals surface area contributed by atoms with Gasteiger partial charge < -0.3 is 15.4 Å². The first-order valence-corrected chi connectivity index (χ1v) is 8.48. The number of thioether (sulfide) groups is 1. The highest BCUT2D eigenvalue weighted by atomic mass is 79.9. The van der Waals surface area contributed by atoms with Crippen LogP contribution in [-0.4, -0.2) is 42.9 Å². The summed E-state index contributed by atoms with van der Waals surface area (Å²) in [5.41, 5.74) is 6.71. The van der Waals surface area contributed by atoms with Crippen molar-refractivity contribution in [3.63, 3.8) is 0 Å². The Morgan fingerprint density at radius 3 is 2.90 bits per heavy atom. The Balaban J connectivity index is 1.70. The van der Waals surface area contributed by atoms with Crippen LogP contribution in [0, 0.1) is 0 Å². The molecule has 1 fully saturated rings. The van der Waals surface area contributed by atoms with Gasteiger partial charge in [-0.2, -0.15) is 0 Å². The molecular weight excluding hydrogens is 340 g/mol. The molecule has 4 nitrogen and oxygen atoms in total. The quantitative estimate of drug-likeness (QED) is 0.499. The Labute approximate surface area is 132 Å². The fourth-order valence-corrected chi connectivity index (χ4v) is 3.48.